The molecular formula is C18H21N3O2S2. The summed E-state index contributed by atoms with van der Waals surface area (Å²) in [6.07, 6.45) is 0.899. The molecule has 3 rings (SSSR count). The van der Waals surface area contributed by atoms with Gasteiger partial charge in [0.25, 0.3) is 5.91 Å². The van der Waals surface area contributed by atoms with Gasteiger partial charge < -0.3 is 10.2 Å². The van der Waals surface area contributed by atoms with Gasteiger partial charge in [-0.2, -0.15) is 0 Å². The Labute approximate surface area is 155 Å². The monoisotopic (exact) mass is 375 g/mol. The Morgan fingerprint density at radius 3 is 2.88 bits per heavy atom. The maximum atomic E-state index is 12.8. The number of benzene rings is 1. The van der Waals surface area contributed by atoms with E-state index in [0.717, 1.165) is 22.7 Å². The van der Waals surface area contributed by atoms with Gasteiger partial charge in [-0.15, -0.1) is 23.1 Å². The van der Waals surface area contributed by atoms with Gasteiger partial charge >= 0.3 is 0 Å². The molecule has 5 nitrogen and oxygen atoms in total. The van der Waals surface area contributed by atoms with Crippen LogP contribution in [-0.2, 0) is 17.8 Å². The van der Waals surface area contributed by atoms with Crippen LogP contribution in [0.2, 0.25) is 0 Å². The average Bonchev–Trinajstić information content (AvgIpc) is 3.28. The Hall–Kier alpha value is -1.86. The molecule has 1 saturated heterocycles. The number of hydrogen-bond donors (Lipinski definition) is 1. The standard InChI is InChI=1S/C18H21N3O2S2/c1-3-16-20-13(9-25-16)8-19-17(22)15-10-24-11-21(15)18(23)14-7-5-4-6-12(14)2/h4-7,9,15H,3,8,10-11H2,1-2H3,(H,19,22)/t15-/m0/s1. The van der Waals surface area contributed by atoms with E-state index in [2.05, 4.69) is 17.2 Å². The summed E-state index contributed by atoms with van der Waals surface area (Å²) in [5.74, 6) is 0.978. The van der Waals surface area contributed by atoms with Gasteiger partial charge in [0, 0.05) is 16.7 Å². The van der Waals surface area contributed by atoms with Crippen LogP contribution < -0.4 is 5.32 Å². The van der Waals surface area contributed by atoms with Crippen molar-refractivity contribution < 1.29 is 9.59 Å². The van der Waals surface area contributed by atoms with Crippen molar-refractivity contribution in [2.75, 3.05) is 11.6 Å². The van der Waals surface area contributed by atoms with E-state index in [1.165, 1.54) is 0 Å². The average molecular weight is 376 g/mol. The first-order valence-electron chi connectivity index (χ1n) is 8.25. The van der Waals surface area contributed by atoms with Gasteiger partial charge in [0.2, 0.25) is 5.91 Å². The zero-order valence-electron chi connectivity index (χ0n) is 14.3. The second-order valence-corrected chi connectivity index (χ2v) is 7.85. The highest BCUT2D eigenvalue weighted by molar-refractivity contribution is 7.99. The zero-order chi connectivity index (χ0) is 17.8. The summed E-state index contributed by atoms with van der Waals surface area (Å²) < 4.78 is 0. The molecule has 1 aliphatic heterocycles. The lowest BCUT2D eigenvalue weighted by molar-refractivity contribution is -0.124. The summed E-state index contributed by atoms with van der Waals surface area (Å²) in [7, 11) is 0. The summed E-state index contributed by atoms with van der Waals surface area (Å²) in [6.45, 7) is 4.38. The van der Waals surface area contributed by atoms with Gasteiger partial charge in [-0.05, 0) is 25.0 Å². The van der Waals surface area contributed by atoms with Gasteiger partial charge in [-0.25, -0.2) is 4.98 Å². The zero-order valence-corrected chi connectivity index (χ0v) is 16.0. The third kappa shape index (κ3) is 4.04. The molecule has 132 valence electrons. The van der Waals surface area contributed by atoms with E-state index in [1.54, 1.807) is 28.0 Å². The molecule has 0 radical (unpaired) electrons. The number of rotatable bonds is 5. The summed E-state index contributed by atoms with van der Waals surface area (Å²) in [6, 6.07) is 7.07. The lowest BCUT2D eigenvalue weighted by Crippen LogP contribution is -2.47. The minimum Gasteiger partial charge on any atom is -0.349 e. The number of carbonyl (C=O) groups excluding carboxylic acids is 2. The van der Waals surface area contributed by atoms with Gasteiger partial charge in [-0.1, -0.05) is 25.1 Å². The molecular weight excluding hydrogens is 354 g/mol. The van der Waals surface area contributed by atoms with Crippen molar-refractivity contribution in [3.8, 4) is 0 Å². The highest BCUT2D eigenvalue weighted by Crippen LogP contribution is 2.24. The molecule has 1 aliphatic rings. The molecule has 7 heteroatoms. The van der Waals surface area contributed by atoms with E-state index < -0.39 is 6.04 Å². The second kappa shape index (κ2) is 8.01. The van der Waals surface area contributed by atoms with E-state index in [9.17, 15) is 9.59 Å². The molecule has 25 heavy (non-hydrogen) atoms. The molecule has 1 aromatic carbocycles. The Bertz CT molecular complexity index is 775. The normalized spacial score (nSPS) is 16.9. The van der Waals surface area contributed by atoms with Crippen molar-refractivity contribution in [3.05, 3.63) is 51.5 Å². The first-order valence-corrected chi connectivity index (χ1v) is 10.3. The third-order valence-electron chi connectivity index (χ3n) is 4.17. The molecule has 1 N–H and O–H groups in total. The Balaban J connectivity index is 1.65. The smallest absolute Gasteiger partial charge is 0.255 e. The van der Waals surface area contributed by atoms with Crippen LogP contribution in [0.5, 0.6) is 0 Å². The fourth-order valence-corrected chi connectivity index (χ4v) is 4.61. The first kappa shape index (κ1) is 17.9. The number of aryl methyl sites for hydroxylation is 2. The van der Waals surface area contributed by atoms with Gasteiger partial charge in [0.15, 0.2) is 0 Å². The molecule has 2 amide bonds. The maximum Gasteiger partial charge on any atom is 0.255 e. The molecule has 0 aliphatic carbocycles. The molecule has 2 aromatic rings. The Morgan fingerprint density at radius 2 is 2.16 bits per heavy atom. The van der Waals surface area contributed by atoms with Crippen LogP contribution >= 0.6 is 23.1 Å². The van der Waals surface area contributed by atoms with Crippen LogP contribution in [0.1, 0.15) is 33.5 Å². The fraction of sp³-hybridized carbons (Fsp3) is 0.389. The van der Waals surface area contributed by atoms with Crippen LogP contribution in [0.15, 0.2) is 29.6 Å². The topological polar surface area (TPSA) is 62.3 Å². The van der Waals surface area contributed by atoms with Crippen molar-refractivity contribution in [2.45, 2.75) is 32.9 Å². The quantitative estimate of drug-likeness (QED) is 0.873. The SMILES string of the molecule is CCc1nc(CNC(=O)[C@@H]2CSCN2C(=O)c2ccccc2C)cs1. The molecule has 1 atom stereocenters. The third-order valence-corrected chi connectivity index (χ3v) is 6.22. The lowest BCUT2D eigenvalue weighted by Gasteiger charge is -2.23. The van der Waals surface area contributed by atoms with E-state index >= 15 is 0 Å². The largest absolute Gasteiger partial charge is 0.349 e. The van der Waals surface area contributed by atoms with Crippen molar-refractivity contribution in [3.63, 3.8) is 0 Å². The minimum absolute atomic E-state index is 0.0785. The molecule has 0 unspecified atom stereocenters. The number of carbonyl (C=O) groups is 2. The van der Waals surface area contributed by atoms with Gasteiger partial charge in [0.1, 0.15) is 6.04 Å². The van der Waals surface area contributed by atoms with Crippen molar-refractivity contribution in [1.29, 1.82) is 0 Å². The second-order valence-electron chi connectivity index (χ2n) is 5.91. The van der Waals surface area contributed by atoms with Crippen molar-refractivity contribution in [2.24, 2.45) is 0 Å². The number of amides is 2. The van der Waals surface area contributed by atoms with Crippen molar-refractivity contribution >= 4 is 34.9 Å². The molecule has 1 aromatic heterocycles. The van der Waals surface area contributed by atoms with Crippen LogP contribution in [0, 0.1) is 6.92 Å². The number of aromatic nitrogens is 1. The summed E-state index contributed by atoms with van der Waals surface area (Å²) in [5.41, 5.74) is 2.46. The highest BCUT2D eigenvalue weighted by atomic mass is 32.2. The molecule has 1 fully saturated rings. The van der Waals surface area contributed by atoms with E-state index in [-0.39, 0.29) is 11.8 Å². The minimum atomic E-state index is -0.429. The summed E-state index contributed by atoms with van der Waals surface area (Å²) in [4.78, 5) is 31.5. The van der Waals surface area contributed by atoms with E-state index in [4.69, 9.17) is 0 Å². The van der Waals surface area contributed by atoms with Crippen LogP contribution in [0.3, 0.4) is 0 Å². The molecule has 0 spiro atoms. The van der Waals surface area contributed by atoms with Crippen LogP contribution in [0.25, 0.3) is 0 Å². The summed E-state index contributed by atoms with van der Waals surface area (Å²) in [5, 5.41) is 5.96. The van der Waals surface area contributed by atoms with Gasteiger partial charge in [0.05, 0.1) is 23.1 Å². The van der Waals surface area contributed by atoms with E-state index in [0.29, 0.717) is 23.7 Å². The fourth-order valence-electron chi connectivity index (χ4n) is 2.72. The van der Waals surface area contributed by atoms with Gasteiger partial charge in [-0.3, -0.25) is 9.59 Å². The number of nitrogens with zero attached hydrogens (tertiary/aromatic N) is 2. The van der Waals surface area contributed by atoms with E-state index in [1.807, 2.05) is 36.6 Å². The molecule has 2 heterocycles. The van der Waals surface area contributed by atoms with Crippen LogP contribution in [-0.4, -0.2) is 39.4 Å². The Kier molecular flexibility index (Phi) is 5.75. The number of hydrogen-bond acceptors (Lipinski definition) is 5. The lowest BCUT2D eigenvalue weighted by atomic mass is 10.1. The first-order chi connectivity index (χ1) is 12.1. The summed E-state index contributed by atoms with van der Waals surface area (Å²) >= 11 is 3.21. The molecule has 0 bridgehead atoms. The maximum absolute atomic E-state index is 12.8. The van der Waals surface area contributed by atoms with Crippen LogP contribution in [0.4, 0.5) is 0 Å². The number of thioether (sulfide) groups is 1. The predicted molar refractivity (Wildman–Crippen MR) is 102 cm³/mol. The number of thiazole rings is 1. The number of nitrogens with one attached hydrogen (secondary N) is 1. The molecule has 0 saturated carbocycles. The van der Waals surface area contributed by atoms with Crippen molar-refractivity contribution in [1.82, 2.24) is 15.2 Å². The predicted octanol–water partition coefficient (Wildman–Crippen LogP) is 2.85. The highest BCUT2D eigenvalue weighted by Gasteiger charge is 2.35. The Morgan fingerprint density at radius 1 is 1.36 bits per heavy atom.